The smallest absolute Gasteiger partial charge is 0.107 e. The van der Waals surface area contributed by atoms with Gasteiger partial charge in [-0.15, -0.1) is 0 Å². The molecule has 1 aromatic rings. The largest absolute Gasteiger partial charge is 0.295 e. The fourth-order valence-electron chi connectivity index (χ4n) is 2.35. The summed E-state index contributed by atoms with van der Waals surface area (Å²) >= 11 is 0. The standard InChI is InChI=1S/C14H18N2/c15-12-14(9-5-2-6-10-14)16-11-13-7-3-1-4-8-13/h1,3-4,7-8,16H,2,5-6,9-11H2. The Morgan fingerprint density at radius 2 is 1.81 bits per heavy atom. The van der Waals surface area contributed by atoms with E-state index in [1.54, 1.807) is 0 Å². The van der Waals surface area contributed by atoms with Crippen molar-refractivity contribution in [2.75, 3.05) is 0 Å². The summed E-state index contributed by atoms with van der Waals surface area (Å²) in [6.07, 6.45) is 5.62. The summed E-state index contributed by atoms with van der Waals surface area (Å²) < 4.78 is 0. The maximum atomic E-state index is 9.31. The Balaban J connectivity index is 1.95. The van der Waals surface area contributed by atoms with Gasteiger partial charge in [0.05, 0.1) is 6.07 Å². The summed E-state index contributed by atoms with van der Waals surface area (Å²) in [5, 5.41) is 12.7. The second-order valence-corrected chi connectivity index (χ2v) is 4.59. The van der Waals surface area contributed by atoms with Crippen LogP contribution in [-0.2, 0) is 6.54 Å². The van der Waals surface area contributed by atoms with Crippen LogP contribution in [0.25, 0.3) is 0 Å². The fourth-order valence-corrected chi connectivity index (χ4v) is 2.35. The van der Waals surface area contributed by atoms with Crippen molar-refractivity contribution in [3.63, 3.8) is 0 Å². The minimum absolute atomic E-state index is 0.270. The molecule has 1 N–H and O–H groups in total. The molecule has 0 aromatic heterocycles. The Bertz CT molecular complexity index is 358. The van der Waals surface area contributed by atoms with E-state index in [-0.39, 0.29) is 5.54 Å². The topological polar surface area (TPSA) is 35.8 Å². The zero-order chi connectivity index (χ0) is 11.3. The molecule has 1 aliphatic carbocycles. The number of benzene rings is 1. The third kappa shape index (κ3) is 2.62. The molecule has 2 rings (SSSR count). The zero-order valence-electron chi connectivity index (χ0n) is 9.58. The number of hydrogen-bond donors (Lipinski definition) is 1. The van der Waals surface area contributed by atoms with Crippen molar-refractivity contribution in [2.24, 2.45) is 0 Å². The first-order valence-corrected chi connectivity index (χ1v) is 6.05. The average molecular weight is 214 g/mol. The van der Waals surface area contributed by atoms with Gasteiger partial charge < -0.3 is 0 Å². The van der Waals surface area contributed by atoms with Crippen LogP contribution in [0, 0.1) is 11.3 Å². The molecule has 0 saturated heterocycles. The van der Waals surface area contributed by atoms with E-state index in [9.17, 15) is 5.26 Å². The van der Waals surface area contributed by atoms with Gasteiger partial charge in [0.1, 0.15) is 5.54 Å². The van der Waals surface area contributed by atoms with E-state index in [1.165, 1.54) is 24.8 Å². The fraction of sp³-hybridized carbons (Fsp3) is 0.500. The van der Waals surface area contributed by atoms with Crippen molar-refractivity contribution in [3.05, 3.63) is 35.9 Å². The van der Waals surface area contributed by atoms with E-state index in [0.717, 1.165) is 19.4 Å². The van der Waals surface area contributed by atoms with E-state index in [2.05, 4.69) is 23.5 Å². The summed E-state index contributed by atoms with van der Waals surface area (Å²) in [5.41, 5.74) is 0.983. The second kappa shape index (κ2) is 5.14. The van der Waals surface area contributed by atoms with Crippen molar-refractivity contribution in [2.45, 2.75) is 44.2 Å². The first-order valence-electron chi connectivity index (χ1n) is 6.05. The monoisotopic (exact) mass is 214 g/mol. The number of hydrogen-bond acceptors (Lipinski definition) is 2. The molecular formula is C14H18N2. The van der Waals surface area contributed by atoms with E-state index < -0.39 is 0 Å². The van der Waals surface area contributed by atoms with Crippen LogP contribution in [0.3, 0.4) is 0 Å². The third-order valence-electron chi connectivity index (χ3n) is 3.39. The summed E-state index contributed by atoms with van der Waals surface area (Å²) in [4.78, 5) is 0. The molecule has 16 heavy (non-hydrogen) atoms. The highest BCUT2D eigenvalue weighted by Gasteiger charge is 2.30. The van der Waals surface area contributed by atoms with Crippen molar-refractivity contribution < 1.29 is 0 Å². The van der Waals surface area contributed by atoms with Crippen LogP contribution in [-0.4, -0.2) is 5.54 Å². The molecule has 0 heterocycles. The van der Waals surface area contributed by atoms with Gasteiger partial charge >= 0.3 is 0 Å². The van der Waals surface area contributed by atoms with E-state index in [0.29, 0.717) is 0 Å². The van der Waals surface area contributed by atoms with Gasteiger partial charge in [-0.1, -0.05) is 49.6 Å². The van der Waals surface area contributed by atoms with Gasteiger partial charge in [0.2, 0.25) is 0 Å². The molecular weight excluding hydrogens is 196 g/mol. The average Bonchev–Trinajstić information content (AvgIpc) is 2.39. The highest BCUT2D eigenvalue weighted by Crippen LogP contribution is 2.27. The van der Waals surface area contributed by atoms with Crippen molar-refractivity contribution in [1.82, 2.24) is 5.32 Å². The Hall–Kier alpha value is -1.33. The van der Waals surface area contributed by atoms with Crippen LogP contribution in [0.4, 0.5) is 0 Å². The minimum Gasteiger partial charge on any atom is -0.295 e. The Labute approximate surface area is 97.3 Å². The Morgan fingerprint density at radius 3 is 2.44 bits per heavy atom. The van der Waals surface area contributed by atoms with Gasteiger partial charge in [0.25, 0.3) is 0 Å². The molecule has 0 bridgehead atoms. The van der Waals surface area contributed by atoms with E-state index in [1.807, 2.05) is 18.2 Å². The number of nitriles is 1. The van der Waals surface area contributed by atoms with Crippen LogP contribution >= 0.6 is 0 Å². The predicted molar refractivity (Wildman–Crippen MR) is 64.7 cm³/mol. The predicted octanol–water partition coefficient (Wildman–Crippen LogP) is 3.00. The molecule has 0 unspecified atom stereocenters. The quantitative estimate of drug-likeness (QED) is 0.839. The normalized spacial score (nSPS) is 18.9. The van der Waals surface area contributed by atoms with Gasteiger partial charge in [-0.25, -0.2) is 0 Å². The number of rotatable bonds is 3. The minimum atomic E-state index is -0.270. The summed E-state index contributed by atoms with van der Waals surface area (Å²) in [7, 11) is 0. The SMILES string of the molecule is N#CC1(NCc2ccccc2)CCCCC1. The molecule has 1 aromatic carbocycles. The van der Waals surface area contributed by atoms with Crippen LogP contribution in [0.1, 0.15) is 37.7 Å². The number of nitrogens with zero attached hydrogens (tertiary/aromatic N) is 1. The first-order chi connectivity index (χ1) is 7.85. The lowest BCUT2D eigenvalue weighted by molar-refractivity contribution is 0.296. The molecule has 2 nitrogen and oxygen atoms in total. The third-order valence-corrected chi connectivity index (χ3v) is 3.39. The zero-order valence-corrected chi connectivity index (χ0v) is 9.58. The molecule has 1 saturated carbocycles. The van der Waals surface area contributed by atoms with Crippen LogP contribution in [0.5, 0.6) is 0 Å². The summed E-state index contributed by atoms with van der Waals surface area (Å²) in [5.74, 6) is 0. The lowest BCUT2D eigenvalue weighted by Crippen LogP contribution is -2.44. The summed E-state index contributed by atoms with van der Waals surface area (Å²) in [6, 6.07) is 12.8. The molecule has 0 atom stereocenters. The molecule has 0 amide bonds. The van der Waals surface area contributed by atoms with Gasteiger partial charge in [0.15, 0.2) is 0 Å². The molecule has 84 valence electrons. The van der Waals surface area contributed by atoms with Crippen molar-refractivity contribution in [1.29, 1.82) is 5.26 Å². The second-order valence-electron chi connectivity index (χ2n) is 4.59. The Kier molecular flexibility index (Phi) is 3.58. The molecule has 0 radical (unpaired) electrons. The highest BCUT2D eigenvalue weighted by atomic mass is 15.0. The molecule has 0 spiro atoms. The van der Waals surface area contributed by atoms with Crippen LogP contribution in [0.15, 0.2) is 30.3 Å². The lowest BCUT2D eigenvalue weighted by atomic mass is 9.83. The van der Waals surface area contributed by atoms with Crippen LogP contribution < -0.4 is 5.32 Å². The summed E-state index contributed by atoms with van der Waals surface area (Å²) in [6.45, 7) is 0.800. The van der Waals surface area contributed by atoms with Gasteiger partial charge in [0, 0.05) is 6.54 Å². The first kappa shape index (κ1) is 11.2. The molecule has 1 aliphatic rings. The Morgan fingerprint density at radius 1 is 1.12 bits per heavy atom. The maximum Gasteiger partial charge on any atom is 0.107 e. The lowest BCUT2D eigenvalue weighted by Gasteiger charge is -2.31. The molecule has 2 heteroatoms. The van der Waals surface area contributed by atoms with Crippen molar-refractivity contribution >= 4 is 0 Å². The van der Waals surface area contributed by atoms with Crippen LogP contribution in [0.2, 0.25) is 0 Å². The maximum absolute atomic E-state index is 9.31. The van der Waals surface area contributed by atoms with E-state index in [4.69, 9.17) is 0 Å². The molecule has 0 aliphatic heterocycles. The number of nitrogens with one attached hydrogen (secondary N) is 1. The van der Waals surface area contributed by atoms with E-state index >= 15 is 0 Å². The van der Waals surface area contributed by atoms with Gasteiger partial charge in [-0.05, 0) is 18.4 Å². The van der Waals surface area contributed by atoms with Gasteiger partial charge in [-0.2, -0.15) is 5.26 Å². The molecule has 1 fully saturated rings. The highest BCUT2D eigenvalue weighted by molar-refractivity contribution is 5.16. The van der Waals surface area contributed by atoms with Gasteiger partial charge in [-0.3, -0.25) is 5.32 Å². The van der Waals surface area contributed by atoms with Crippen molar-refractivity contribution in [3.8, 4) is 6.07 Å².